The first kappa shape index (κ1) is 21.5. The molecule has 0 fully saturated rings. The molecule has 14 heteroatoms. The number of aromatic hydroxyl groups is 2. The first-order valence-corrected chi connectivity index (χ1v) is 11.2. The second-order valence-electron chi connectivity index (χ2n) is 6.23. The van der Waals surface area contributed by atoms with Crippen LogP contribution >= 0.6 is 0 Å². The Morgan fingerprint density at radius 2 is 0.967 bits per heavy atom. The van der Waals surface area contributed by atoms with E-state index in [-0.39, 0.29) is 11.4 Å². The Morgan fingerprint density at radius 1 is 0.633 bits per heavy atom. The van der Waals surface area contributed by atoms with Gasteiger partial charge in [-0.05, 0) is 24.3 Å². The molecule has 0 aliphatic heterocycles. The van der Waals surface area contributed by atoms with Gasteiger partial charge in [0.15, 0.2) is 0 Å². The second-order valence-corrected chi connectivity index (χ2v) is 9.13. The Morgan fingerprint density at radius 3 is 1.27 bits per heavy atom. The molecule has 0 saturated heterocycles. The van der Waals surface area contributed by atoms with Gasteiger partial charge in [0.2, 0.25) is 11.6 Å². The average Bonchev–Trinajstić information content (AvgIpc) is 2.62. The molecule has 0 heterocycles. The van der Waals surface area contributed by atoms with Crippen molar-refractivity contribution in [2.24, 2.45) is 0 Å². The van der Waals surface area contributed by atoms with Crippen LogP contribution in [0.2, 0.25) is 0 Å². The molecule has 1 aliphatic rings. The van der Waals surface area contributed by atoms with Crippen LogP contribution in [0.3, 0.4) is 0 Å². The van der Waals surface area contributed by atoms with Crippen LogP contribution in [0.1, 0.15) is 31.8 Å². The molecule has 0 saturated carbocycles. The number of ketones is 2. The van der Waals surface area contributed by atoms with Gasteiger partial charge in [-0.1, -0.05) is 0 Å². The maximum atomic E-state index is 13.1. The molecular formula is C16H14N2O10S2. The summed E-state index contributed by atoms with van der Waals surface area (Å²) in [5.41, 5.74) is -2.35. The SMILES string of the molecule is O=C1c2c(O)ccc(NCS(=O)(=O)O)c2C(=O)c2c(O)ccc(NCS(=O)(=O)O)c21. The van der Waals surface area contributed by atoms with E-state index in [9.17, 15) is 36.6 Å². The summed E-state index contributed by atoms with van der Waals surface area (Å²) >= 11 is 0. The zero-order valence-corrected chi connectivity index (χ0v) is 16.4. The number of nitrogens with one attached hydrogen (secondary N) is 2. The largest absolute Gasteiger partial charge is 0.507 e. The summed E-state index contributed by atoms with van der Waals surface area (Å²) in [5, 5.41) is 24.8. The van der Waals surface area contributed by atoms with Crippen molar-refractivity contribution in [2.45, 2.75) is 0 Å². The number of benzene rings is 2. The van der Waals surface area contributed by atoms with Crippen molar-refractivity contribution in [3.63, 3.8) is 0 Å². The molecule has 30 heavy (non-hydrogen) atoms. The number of carbonyl (C=O) groups is 2. The van der Waals surface area contributed by atoms with E-state index in [0.717, 1.165) is 24.3 Å². The minimum Gasteiger partial charge on any atom is -0.507 e. The van der Waals surface area contributed by atoms with E-state index in [1.165, 1.54) is 0 Å². The van der Waals surface area contributed by atoms with Crippen LogP contribution in [0.15, 0.2) is 24.3 Å². The van der Waals surface area contributed by atoms with Gasteiger partial charge in [-0.2, -0.15) is 16.8 Å². The van der Waals surface area contributed by atoms with Gasteiger partial charge >= 0.3 is 0 Å². The highest BCUT2D eigenvalue weighted by molar-refractivity contribution is 7.86. The molecule has 6 N–H and O–H groups in total. The van der Waals surface area contributed by atoms with Crippen LogP contribution in [0, 0.1) is 0 Å². The molecule has 1 aliphatic carbocycles. The lowest BCUT2D eigenvalue weighted by Crippen LogP contribution is -2.26. The zero-order valence-electron chi connectivity index (χ0n) is 14.8. The Kier molecular flexibility index (Phi) is 5.19. The van der Waals surface area contributed by atoms with Crippen LogP contribution in [-0.4, -0.2) is 59.5 Å². The minimum atomic E-state index is -4.50. The van der Waals surface area contributed by atoms with Crippen LogP contribution in [0.5, 0.6) is 11.5 Å². The molecule has 0 unspecified atom stereocenters. The third-order valence-corrected chi connectivity index (χ3v) is 5.18. The average molecular weight is 458 g/mol. The van der Waals surface area contributed by atoms with Crippen molar-refractivity contribution in [3.8, 4) is 11.5 Å². The summed E-state index contributed by atoms with van der Waals surface area (Å²) < 4.78 is 61.9. The van der Waals surface area contributed by atoms with Crippen molar-refractivity contribution in [2.75, 3.05) is 22.4 Å². The molecule has 2 aromatic rings. The van der Waals surface area contributed by atoms with Crippen molar-refractivity contribution < 1.29 is 45.7 Å². The Labute approximate surface area is 169 Å². The molecule has 3 rings (SSSR count). The summed E-state index contributed by atoms with van der Waals surface area (Å²) in [4.78, 5) is 26.1. The number of phenols is 2. The smallest absolute Gasteiger partial charge is 0.283 e. The van der Waals surface area contributed by atoms with Gasteiger partial charge < -0.3 is 20.8 Å². The van der Waals surface area contributed by atoms with E-state index in [1.807, 2.05) is 0 Å². The number of fused-ring (bicyclic) bond motifs is 2. The lowest BCUT2D eigenvalue weighted by molar-refractivity contribution is 0.0975. The Balaban J connectivity index is 2.20. The number of phenolic OH excluding ortho intramolecular Hbond substituents is 2. The lowest BCUT2D eigenvalue weighted by atomic mass is 9.81. The van der Waals surface area contributed by atoms with Crippen molar-refractivity contribution in [3.05, 3.63) is 46.5 Å². The van der Waals surface area contributed by atoms with E-state index >= 15 is 0 Å². The normalized spacial score (nSPS) is 13.5. The monoisotopic (exact) mass is 458 g/mol. The number of hydrogen-bond acceptors (Lipinski definition) is 10. The molecule has 0 aromatic heterocycles. The Hall–Kier alpha value is -3.20. The van der Waals surface area contributed by atoms with E-state index in [0.29, 0.717) is 0 Å². The first-order valence-electron chi connectivity index (χ1n) is 7.99. The molecule has 0 amide bonds. The van der Waals surface area contributed by atoms with Gasteiger partial charge in [0.05, 0.1) is 22.3 Å². The topological polar surface area (TPSA) is 207 Å². The zero-order chi connectivity index (χ0) is 22.4. The highest BCUT2D eigenvalue weighted by Crippen LogP contribution is 2.42. The predicted octanol–water partition coefficient (Wildman–Crippen LogP) is 0.388. The fourth-order valence-electron chi connectivity index (χ4n) is 3.00. The number of rotatable bonds is 6. The van der Waals surface area contributed by atoms with Gasteiger partial charge in [0.1, 0.15) is 23.3 Å². The summed E-state index contributed by atoms with van der Waals surface area (Å²) in [5.74, 6) is -5.20. The Bertz CT molecular complexity index is 1200. The van der Waals surface area contributed by atoms with E-state index in [4.69, 9.17) is 9.11 Å². The summed E-state index contributed by atoms with van der Waals surface area (Å²) in [6.45, 7) is 0. The van der Waals surface area contributed by atoms with Gasteiger partial charge in [0, 0.05) is 11.4 Å². The first-order chi connectivity index (χ1) is 13.8. The minimum absolute atomic E-state index is 0.208. The van der Waals surface area contributed by atoms with Gasteiger partial charge in [-0.25, -0.2) is 0 Å². The molecule has 0 atom stereocenters. The molecule has 0 spiro atoms. The number of hydrogen-bond donors (Lipinski definition) is 6. The maximum absolute atomic E-state index is 13.1. The predicted molar refractivity (Wildman–Crippen MR) is 103 cm³/mol. The van der Waals surface area contributed by atoms with Crippen LogP contribution in [-0.2, 0) is 20.2 Å². The fraction of sp³-hybridized carbons (Fsp3) is 0.125. The standard InChI is InChI=1S/C16H14N2O10S2/c19-9-3-1-7(17-5-29(23,24)25)11-13(9)16(22)12-8(18-6-30(26,27)28)2-4-10(20)14(12)15(11)21/h1-4,17-20H,5-6H2,(H,23,24,25)(H,26,27,28). The van der Waals surface area contributed by atoms with E-state index in [2.05, 4.69) is 10.6 Å². The highest BCUT2D eigenvalue weighted by atomic mass is 32.2. The van der Waals surface area contributed by atoms with Crippen molar-refractivity contribution in [1.29, 1.82) is 0 Å². The molecule has 12 nitrogen and oxygen atoms in total. The molecular weight excluding hydrogens is 444 g/mol. The molecule has 0 bridgehead atoms. The highest BCUT2D eigenvalue weighted by Gasteiger charge is 2.38. The lowest BCUT2D eigenvalue weighted by Gasteiger charge is -2.24. The summed E-state index contributed by atoms with van der Waals surface area (Å²) in [6, 6.07) is 4.23. The molecule has 2 aromatic carbocycles. The van der Waals surface area contributed by atoms with Crippen LogP contribution < -0.4 is 10.6 Å². The van der Waals surface area contributed by atoms with Crippen LogP contribution in [0.4, 0.5) is 11.4 Å². The van der Waals surface area contributed by atoms with Gasteiger partial charge in [-0.15, -0.1) is 0 Å². The quantitative estimate of drug-likeness (QED) is 0.219. The van der Waals surface area contributed by atoms with Crippen molar-refractivity contribution >= 4 is 43.2 Å². The third kappa shape index (κ3) is 4.06. The second kappa shape index (κ2) is 7.24. The maximum Gasteiger partial charge on any atom is 0.283 e. The van der Waals surface area contributed by atoms with Crippen LogP contribution in [0.25, 0.3) is 0 Å². The van der Waals surface area contributed by atoms with E-state index < -0.39 is 77.3 Å². The van der Waals surface area contributed by atoms with Crippen molar-refractivity contribution in [1.82, 2.24) is 0 Å². The summed E-state index contributed by atoms with van der Waals surface area (Å²) in [6.07, 6.45) is 0. The summed E-state index contributed by atoms with van der Waals surface area (Å²) in [7, 11) is -8.99. The number of anilines is 2. The third-order valence-electron chi connectivity index (χ3n) is 4.16. The fourth-order valence-corrected chi connectivity index (χ4v) is 3.67. The molecule has 0 radical (unpaired) electrons. The number of carbonyl (C=O) groups excluding carboxylic acids is 2. The van der Waals surface area contributed by atoms with E-state index in [1.54, 1.807) is 0 Å². The van der Waals surface area contributed by atoms with Gasteiger partial charge in [0.25, 0.3) is 20.2 Å². The van der Waals surface area contributed by atoms with Gasteiger partial charge in [-0.3, -0.25) is 18.7 Å². The molecule has 160 valence electrons.